The first kappa shape index (κ1) is 19.3. The molecule has 0 unspecified atom stereocenters. The maximum Gasteiger partial charge on any atom is 0.417 e. The molecule has 0 aromatic heterocycles. The normalized spacial score (nSPS) is 20.4. The highest BCUT2D eigenvalue weighted by Gasteiger charge is 2.45. The van der Waals surface area contributed by atoms with Gasteiger partial charge in [-0.15, -0.1) is 0 Å². The lowest BCUT2D eigenvalue weighted by atomic mass is 9.79. The highest BCUT2D eigenvalue weighted by molar-refractivity contribution is 6.34. The molecule has 0 aromatic rings. The molecule has 7 heteroatoms. The number of hydrogen-bond acceptors (Lipinski definition) is 5. The lowest BCUT2D eigenvalue weighted by Gasteiger charge is -2.53. The molecular formula is C16H27N3O4. The van der Waals surface area contributed by atoms with Crippen LogP contribution in [0.15, 0.2) is 0 Å². The fourth-order valence-electron chi connectivity index (χ4n) is 3.10. The summed E-state index contributed by atoms with van der Waals surface area (Å²) in [5, 5.41) is 0. The number of carbonyl (C=O) groups excluding carboxylic acids is 2. The summed E-state index contributed by atoms with van der Waals surface area (Å²) in [4.78, 5) is 28.6. The van der Waals surface area contributed by atoms with Gasteiger partial charge in [0, 0.05) is 23.9 Å². The minimum absolute atomic E-state index is 0.0125. The zero-order valence-corrected chi connectivity index (χ0v) is 14.9. The third-order valence-electron chi connectivity index (χ3n) is 4.69. The van der Waals surface area contributed by atoms with Gasteiger partial charge in [0.1, 0.15) is 6.10 Å². The third-order valence-corrected chi connectivity index (χ3v) is 4.69. The van der Waals surface area contributed by atoms with Crippen LogP contribution >= 0.6 is 0 Å². The van der Waals surface area contributed by atoms with E-state index in [4.69, 9.17) is 10.3 Å². The van der Waals surface area contributed by atoms with Gasteiger partial charge in [0.05, 0.1) is 20.0 Å². The molecule has 1 fully saturated rings. The third kappa shape index (κ3) is 4.88. The van der Waals surface area contributed by atoms with Gasteiger partial charge >= 0.3 is 17.7 Å². The van der Waals surface area contributed by atoms with Crippen LogP contribution < -0.4 is 0 Å². The van der Waals surface area contributed by atoms with Gasteiger partial charge in [0.25, 0.3) is 0 Å². The van der Waals surface area contributed by atoms with Crippen LogP contribution in [0, 0.1) is 0 Å². The minimum atomic E-state index is -0.683. The van der Waals surface area contributed by atoms with Crippen molar-refractivity contribution in [3.8, 4) is 0 Å². The Morgan fingerprint density at radius 2 is 1.70 bits per heavy atom. The highest BCUT2D eigenvalue weighted by atomic mass is 16.5. The van der Waals surface area contributed by atoms with E-state index in [1.54, 1.807) is 0 Å². The second-order valence-electron chi connectivity index (χ2n) is 7.24. The Balaban J connectivity index is 2.73. The monoisotopic (exact) mass is 325 g/mol. The van der Waals surface area contributed by atoms with Crippen LogP contribution in [0.4, 0.5) is 0 Å². The Morgan fingerprint density at radius 3 is 2.13 bits per heavy atom. The second kappa shape index (κ2) is 7.23. The van der Waals surface area contributed by atoms with Gasteiger partial charge in [0.2, 0.25) is 0 Å². The number of nitrogens with zero attached hydrogens (tertiary/aromatic N) is 3. The number of carbonyl (C=O) groups is 2. The summed E-state index contributed by atoms with van der Waals surface area (Å²) in [6.07, 6.45) is 1.07. The molecule has 1 saturated heterocycles. The van der Waals surface area contributed by atoms with E-state index in [2.05, 4.69) is 49.2 Å². The zero-order chi connectivity index (χ0) is 17.8. The molecule has 0 spiro atoms. The van der Waals surface area contributed by atoms with Crippen molar-refractivity contribution >= 4 is 17.7 Å². The van der Waals surface area contributed by atoms with E-state index in [1.165, 1.54) is 7.11 Å². The molecule has 130 valence electrons. The quantitative estimate of drug-likeness (QED) is 0.333. The maximum absolute atomic E-state index is 12.2. The Hall–Kier alpha value is -1.72. The first-order valence-electron chi connectivity index (χ1n) is 7.76. The van der Waals surface area contributed by atoms with Gasteiger partial charge in [-0.2, -0.15) is 4.79 Å². The van der Waals surface area contributed by atoms with Crippen LogP contribution in [0.1, 0.15) is 53.4 Å². The molecule has 0 bridgehead atoms. The zero-order valence-electron chi connectivity index (χ0n) is 14.9. The van der Waals surface area contributed by atoms with Gasteiger partial charge < -0.3 is 15.0 Å². The largest absolute Gasteiger partial charge is 0.469 e. The number of methoxy groups -OCH3 is 1. The van der Waals surface area contributed by atoms with Gasteiger partial charge in [-0.25, -0.2) is 4.79 Å². The van der Waals surface area contributed by atoms with E-state index in [1.807, 2.05) is 0 Å². The molecule has 1 rings (SSSR count). The molecule has 0 aliphatic carbocycles. The molecular weight excluding hydrogens is 298 g/mol. The van der Waals surface area contributed by atoms with E-state index < -0.39 is 11.9 Å². The number of likely N-dealkylation sites (tertiary alicyclic amines) is 1. The second-order valence-corrected chi connectivity index (χ2v) is 7.24. The summed E-state index contributed by atoms with van der Waals surface area (Å²) in [6.45, 7) is 8.42. The van der Waals surface area contributed by atoms with Crippen LogP contribution in [-0.4, -0.2) is 58.7 Å². The van der Waals surface area contributed by atoms with Crippen LogP contribution in [0.25, 0.3) is 5.53 Å². The molecule has 23 heavy (non-hydrogen) atoms. The lowest BCUT2D eigenvalue weighted by Crippen LogP contribution is -2.60. The SMILES string of the molecule is COC(=O)CCC(=[N+]=[N-])C(=O)OC1CC(C)(C)N(C)C(C)(C)C1. The molecule has 0 atom stereocenters. The first-order valence-corrected chi connectivity index (χ1v) is 7.76. The van der Waals surface area contributed by atoms with Gasteiger partial charge in [0.15, 0.2) is 0 Å². The average molecular weight is 325 g/mol. The number of esters is 2. The number of ether oxygens (including phenoxy) is 2. The Labute approximate surface area is 137 Å². The van der Waals surface area contributed by atoms with Crippen LogP contribution in [-0.2, 0) is 19.1 Å². The number of piperidine rings is 1. The molecule has 7 nitrogen and oxygen atoms in total. The van der Waals surface area contributed by atoms with E-state index in [0.29, 0.717) is 12.8 Å². The van der Waals surface area contributed by atoms with Gasteiger partial charge in [-0.05, 0) is 34.7 Å². The fourth-order valence-corrected chi connectivity index (χ4v) is 3.10. The van der Waals surface area contributed by atoms with Gasteiger partial charge in [-0.1, -0.05) is 0 Å². The van der Waals surface area contributed by atoms with Crippen molar-refractivity contribution < 1.29 is 23.9 Å². The minimum Gasteiger partial charge on any atom is -0.469 e. The molecule has 1 aliphatic heterocycles. The maximum atomic E-state index is 12.2. The molecule has 1 heterocycles. The summed E-state index contributed by atoms with van der Waals surface area (Å²) >= 11 is 0. The molecule has 1 aliphatic rings. The van der Waals surface area contributed by atoms with Crippen LogP contribution in [0.3, 0.4) is 0 Å². The average Bonchev–Trinajstić information content (AvgIpc) is 2.44. The molecule has 0 N–H and O–H groups in total. The van der Waals surface area contributed by atoms with Crippen molar-refractivity contribution in [3.05, 3.63) is 5.53 Å². The van der Waals surface area contributed by atoms with E-state index in [9.17, 15) is 9.59 Å². The van der Waals surface area contributed by atoms with Crippen LogP contribution in [0.2, 0.25) is 0 Å². The van der Waals surface area contributed by atoms with Crippen molar-refractivity contribution in [2.75, 3.05) is 14.2 Å². The molecule has 0 amide bonds. The Morgan fingerprint density at radius 1 is 1.17 bits per heavy atom. The van der Waals surface area contributed by atoms with E-state index in [-0.39, 0.29) is 35.7 Å². The summed E-state index contributed by atoms with van der Waals surface area (Å²) in [6, 6.07) is 0. The summed E-state index contributed by atoms with van der Waals surface area (Å²) < 4.78 is 10.0. The Kier molecular flexibility index (Phi) is 6.08. The van der Waals surface area contributed by atoms with Crippen molar-refractivity contribution in [2.45, 2.75) is 70.6 Å². The molecule has 0 saturated carbocycles. The van der Waals surface area contributed by atoms with Crippen molar-refractivity contribution in [1.29, 1.82) is 0 Å². The summed E-state index contributed by atoms with van der Waals surface area (Å²) in [5.41, 5.74) is 8.59. The predicted octanol–water partition coefficient (Wildman–Crippen LogP) is 1.80. The summed E-state index contributed by atoms with van der Waals surface area (Å²) in [5.74, 6) is -1.15. The van der Waals surface area contributed by atoms with Crippen molar-refractivity contribution in [3.63, 3.8) is 0 Å². The van der Waals surface area contributed by atoms with Crippen LogP contribution in [0.5, 0.6) is 0 Å². The first-order chi connectivity index (χ1) is 10.5. The van der Waals surface area contributed by atoms with Crippen molar-refractivity contribution in [1.82, 2.24) is 4.90 Å². The number of hydrogen-bond donors (Lipinski definition) is 0. The van der Waals surface area contributed by atoms with Crippen molar-refractivity contribution in [2.24, 2.45) is 0 Å². The Bertz CT molecular complexity index is 503. The standard InChI is InChI=1S/C16H27N3O4/c1-15(2)9-11(10-16(3,4)19(15)5)23-14(21)12(18-17)7-8-13(20)22-6/h11H,7-10H2,1-6H3. The lowest BCUT2D eigenvalue weighted by molar-refractivity contribution is -0.155. The highest BCUT2D eigenvalue weighted by Crippen LogP contribution is 2.38. The van der Waals surface area contributed by atoms with E-state index in [0.717, 1.165) is 0 Å². The molecule has 0 radical (unpaired) electrons. The predicted molar refractivity (Wildman–Crippen MR) is 84.9 cm³/mol. The van der Waals surface area contributed by atoms with E-state index >= 15 is 0 Å². The molecule has 0 aromatic carbocycles. The fraction of sp³-hybridized carbons (Fsp3) is 0.812. The van der Waals surface area contributed by atoms with Gasteiger partial charge in [-0.3, -0.25) is 9.69 Å². The topological polar surface area (TPSA) is 92.2 Å². The summed E-state index contributed by atoms with van der Waals surface area (Å²) in [7, 11) is 3.33. The smallest absolute Gasteiger partial charge is 0.417 e. The number of rotatable bonds is 5.